The molecular formula is C10H19BrN4. The van der Waals surface area contributed by atoms with Gasteiger partial charge in [0.1, 0.15) is 0 Å². The van der Waals surface area contributed by atoms with Gasteiger partial charge in [-0.3, -0.25) is 4.68 Å². The standard InChI is InChI=1S/C10H19BrN4/c1-4-15-10(8(11)7-13-15)9(12)5-6-14(2)3/h7,9H,4-6,12H2,1-3H3. The zero-order valence-electron chi connectivity index (χ0n) is 9.57. The summed E-state index contributed by atoms with van der Waals surface area (Å²) in [5.41, 5.74) is 7.24. The summed E-state index contributed by atoms with van der Waals surface area (Å²) >= 11 is 3.49. The van der Waals surface area contributed by atoms with Crippen LogP contribution in [0.1, 0.15) is 25.1 Å². The van der Waals surface area contributed by atoms with Crippen LogP contribution in [0.4, 0.5) is 0 Å². The zero-order chi connectivity index (χ0) is 11.4. The molecule has 1 aromatic rings. The Morgan fingerprint density at radius 2 is 2.27 bits per heavy atom. The first-order valence-electron chi connectivity index (χ1n) is 5.17. The molecule has 0 aliphatic rings. The summed E-state index contributed by atoms with van der Waals surface area (Å²) in [5, 5.41) is 4.26. The number of hydrogen-bond donors (Lipinski definition) is 1. The van der Waals surface area contributed by atoms with E-state index in [9.17, 15) is 0 Å². The summed E-state index contributed by atoms with van der Waals surface area (Å²) in [5.74, 6) is 0. The number of aryl methyl sites for hydroxylation is 1. The molecule has 86 valence electrons. The second-order valence-electron chi connectivity index (χ2n) is 3.89. The number of nitrogens with two attached hydrogens (primary N) is 1. The first-order valence-corrected chi connectivity index (χ1v) is 5.97. The highest BCUT2D eigenvalue weighted by Gasteiger charge is 2.15. The minimum absolute atomic E-state index is 0.0456. The van der Waals surface area contributed by atoms with Crippen molar-refractivity contribution in [3.8, 4) is 0 Å². The summed E-state index contributed by atoms with van der Waals surface area (Å²) in [4.78, 5) is 2.14. The van der Waals surface area contributed by atoms with E-state index < -0.39 is 0 Å². The van der Waals surface area contributed by atoms with Crippen LogP contribution in [-0.4, -0.2) is 35.3 Å². The van der Waals surface area contributed by atoms with Gasteiger partial charge in [-0.05, 0) is 49.9 Å². The van der Waals surface area contributed by atoms with Crippen molar-refractivity contribution in [1.29, 1.82) is 0 Å². The molecule has 2 N–H and O–H groups in total. The molecule has 0 saturated carbocycles. The van der Waals surface area contributed by atoms with E-state index in [0.717, 1.165) is 29.7 Å². The summed E-state index contributed by atoms with van der Waals surface area (Å²) in [7, 11) is 4.11. The second-order valence-corrected chi connectivity index (χ2v) is 4.75. The summed E-state index contributed by atoms with van der Waals surface area (Å²) in [6.45, 7) is 3.92. The summed E-state index contributed by atoms with van der Waals surface area (Å²) in [6, 6.07) is 0.0456. The molecule has 0 aliphatic heterocycles. The highest BCUT2D eigenvalue weighted by atomic mass is 79.9. The van der Waals surface area contributed by atoms with Crippen LogP contribution >= 0.6 is 15.9 Å². The normalized spacial score (nSPS) is 13.5. The minimum atomic E-state index is 0.0456. The molecule has 0 spiro atoms. The van der Waals surface area contributed by atoms with Gasteiger partial charge in [0.05, 0.1) is 16.4 Å². The fraction of sp³-hybridized carbons (Fsp3) is 0.700. The summed E-state index contributed by atoms with van der Waals surface area (Å²) < 4.78 is 2.96. The average molecular weight is 275 g/mol. The lowest BCUT2D eigenvalue weighted by Crippen LogP contribution is -2.22. The van der Waals surface area contributed by atoms with Crippen LogP contribution < -0.4 is 5.73 Å². The molecule has 0 amide bonds. The van der Waals surface area contributed by atoms with Crippen LogP contribution in [-0.2, 0) is 6.54 Å². The van der Waals surface area contributed by atoms with Crippen molar-refractivity contribution in [3.63, 3.8) is 0 Å². The molecule has 1 heterocycles. The maximum atomic E-state index is 6.15. The van der Waals surface area contributed by atoms with E-state index in [4.69, 9.17) is 5.73 Å². The highest BCUT2D eigenvalue weighted by molar-refractivity contribution is 9.10. The molecule has 4 nitrogen and oxygen atoms in total. The highest BCUT2D eigenvalue weighted by Crippen LogP contribution is 2.23. The third-order valence-corrected chi connectivity index (χ3v) is 2.98. The van der Waals surface area contributed by atoms with Crippen molar-refractivity contribution in [2.45, 2.75) is 25.9 Å². The lowest BCUT2D eigenvalue weighted by atomic mass is 10.1. The van der Waals surface area contributed by atoms with Gasteiger partial charge in [0.2, 0.25) is 0 Å². The Labute approximate surface area is 99.6 Å². The zero-order valence-corrected chi connectivity index (χ0v) is 11.2. The Hall–Kier alpha value is -0.390. The van der Waals surface area contributed by atoms with E-state index in [2.05, 4.69) is 46.9 Å². The van der Waals surface area contributed by atoms with Gasteiger partial charge in [-0.25, -0.2) is 0 Å². The predicted octanol–water partition coefficient (Wildman–Crippen LogP) is 1.62. The van der Waals surface area contributed by atoms with Crippen LogP contribution in [0.3, 0.4) is 0 Å². The van der Waals surface area contributed by atoms with Crippen molar-refractivity contribution in [2.75, 3.05) is 20.6 Å². The van der Waals surface area contributed by atoms with Crippen LogP contribution in [0, 0.1) is 0 Å². The Bertz CT molecular complexity index is 308. The largest absolute Gasteiger partial charge is 0.323 e. The first-order chi connectivity index (χ1) is 7.06. The van der Waals surface area contributed by atoms with E-state index in [0.29, 0.717) is 0 Å². The molecule has 0 aliphatic carbocycles. The van der Waals surface area contributed by atoms with Gasteiger partial charge in [0.25, 0.3) is 0 Å². The van der Waals surface area contributed by atoms with E-state index in [1.807, 2.05) is 10.9 Å². The van der Waals surface area contributed by atoms with Crippen LogP contribution in [0.5, 0.6) is 0 Å². The van der Waals surface area contributed by atoms with Crippen LogP contribution in [0.2, 0.25) is 0 Å². The molecular weight excluding hydrogens is 256 g/mol. The smallest absolute Gasteiger partial charge is 0.0693 e. The van der Waals surface area contributed by atoms with Gasteiger partial charge in [-0.2, -0.15) is 5.10 Å². The average Bonchev–Trinajstić information content (AvgIpc) is 2.56. The topological polar surface area (TPSA) is 47.1 Å². The molecule has 0 radical (unpaired) electrons. The fourth-order valence-corrected chi connectivity index (χ4v) is 2.12. The molecule has 1 unspecified atom stereocenters. The predicted molar refractivity (Wildman–Crippen MR) is 65.7 cm³/mol. The number of hydrogen-bond acceptors (Lipinski definition) is 3. The molecule has 1 aromatic heterocycles. The minimum Gasteiger partial charge on any atom is -0.323 e. The van der Waals surface area contributed by atoms with Crippen molar-refractivity contribution in [1.82, 2.24) is 14.7 Å². The van der Waals surface area contributed by atoms with Crippen molar-refractivity contribution in [3.05, 3.63) is 16.4 Å². The van der Waals surface area contributed by atoms with Crippen molar-refractivity contribution < 1.29 is 0 Å². The number of rotatable bonds is 5. The van der Waals surface area contributed by atoms with E-state index in [-0.39, 0.29) is 6.04 Å². The number of nitrogens with zero attached hydrogens (tertiary/aromatic N) is 3. The molecule has 0 bridgehead atoms. The number of aromatic nitrogens is 2. The van der Waals surface area contributed by atoms with Crippen LogP contribution in [0.25, 0.3) is 0 Å². The molecule has 0 aromatic carbocycles. The Balaban J connectivity index is 2.71. The van der Waals surface area contributed by atoms with Crippen molar-refractivity contribution in [2.24, 2.45) is 5.73 Å². The van der Waals surface area contributed by atoms with E-state index >= 15 is 0 Å². The van der Waals surface area contributed by atoms with Crippen molar-refractivity contribution >= 4 is 15.9 Å². The maximum Gasteiger partial charge on any atom is 0.0693 e. The third-order valence-electron chi connectivity index (χ3n) is 2.37. The molecule has 15 heavy (non-hydrogen) atoms. The molecule has 1 atom stereocenters. The second kappa shape index (κ2) is 5.63. The maximum absolute atomic E-state index is 6.15. The third kappa shape index (κ3) is 3.29. The number of halogens is 1. The SMILES string of the molecule is CCn1ncc(Br)c1C(N)CCN(C)C. The summed E-state index contributed by atoms with van der Waals surface area (Å²) in [6.07, 6.45) is 2.76. The monoisotopic (exact) mass is 274 g/mol. The Morgan fingerprint density at radius 1 is 1.60 bits per heavy atom. The molecule has 5 heteroatoms. The molecule has 0 fully saturated rings. The first kappa shape index (κ1) is 12.7. The van der Waals surface area contributed by atoms with Gasteiger partial charge in [-0.1, -0.05) is 0 Å². The lowest BCUT2D eigenvalue weighted by molar-refractivity contribution is 0.376. The Kier molecular flexibility index (Phi) is 4.76. The van der Waals surface area contributed by atoms with Gasteiger partial charge < -0.3 is 10.6 Å². The Morgan fingerprint density at radius 3 is 2.80 bits per heavy atom. The quantitative estimate of drug-likeness (QED) is 0.888. The molecule has 0 saturated heterocycles. The van der Waals surface area contributed by atoms with Gasteiger partial charge in [-0.15, -0.1) is 0 Å². The van der Waals surface area contributed by atoms with Gasteiger partial charge in [0, 0.05) is 12.6 Å². The molecule has 1 rings (SSSR count). The van der Waals surface area contributed by atoms with Gasteiger partial charge in [0.15, 0.2) is 0 Å². The fourth-order valence-electron chi connectivity index (χ4n) is 1.53. The lowest BCUT2D eigenvalue weighted by Gasteiger charge is -2.16. The van der Waals surface area contributed by atoms with E-state index in [1.54, 1.807) is 0 Å². The van der Waals surface area contributed by atoms with Gasteiger partial charge >= 0.3 is 0 Å². The van der Waals surface area contributed by atoms with E-state index in [1.165, 1.54) is 0 Å². The van der Waals surface area contributed by atoms with Crippen LogP contribution in [0.15, 0.2) is 10.7 Å².